The normalized spacial score (nSPS) is 24.2. The fraction of sp³-hybridized carbons (Fsp3) is 0.533. The van der Waals surface area contributed by atoms with E-state index in [9.17, 15) is 4.79 Å². The van der Waals surface area contributed by atoms with Gasteiger partial charge in [-0.2, -0.15) is 0 Å². The molecule has 1 aromatic rings. The van der Waals surface area contributed by atoms with Crippen molar-refractivity contribution in [3.63, 3.8) is 0 Å². The molecular formula is C15H19NO5. The topological polar surface area (TPSA) is 57.2 Å². The van der Waals surface area contributed by atoms with Gasteiger partial charge in [0, 0.05) is 32.9 Å². The minimum atomic E-state index is -0.0869. The molecule has 1 amide bonds. The lowest BCUT2D eigenvalue weighted by Crippen LogP contribution is -2.30. The van der Waals surface area contributed by atoms with Crippen molar-refractivity contribution >= 4 is 5.91 Å². The van der Waals surface area contributed by atoms with E-state index in [1.54, 1.807) is 37.3 Å². The highest BCUT2D eigenvalue weighted by molar-refractivity contribution is 5.95. The number of fused-ring (bicyclic) bond motifs is 1. The zero-order valence-electron chi connectivity index (χ0n) is 12.2. The van der Waals surface area contributed by atoms with E-state index in [1.165, 1.54) is 0 Å². The van der Waals surface area contributed by atoms with Gasteiger partial charge in [-0.15, -0.1) is 0 Å². The van der Waals surface area contributed by atoms with Crippen LogP contribution in [-0.2, 0) is 9.47 Å². The van der Waals surface area contributed by atoms with Crippen molar-refractivity contribution in [2.24, 2.45) is 0 Å². The van der Waals surface area contributed by atoms with Crippen molar-refractivity contribution < 1.29 is 23.7 Å². The summed E-state index contributed by atoms with van der Waals surface area (Å²) in [5.41, 5.74) is 0.589. The predicted molar refractivity (Wildman–Crippen MR) is 74.9 cm³/mol. The number of ether oxygens (including phenoxy) is 4. The van der Waals surface area contributed by atoms with Crippen molar-refractivity contribution in [2.45, 2.75) is 12.2 Å². The second-order valence-corrected chi connectivity index (χ2v) is 5.12. The molecule has 21 heavy (non-hydrogen) atoms. The Morgan fingerprint density at radius 1 is 1.10 bits per heavy atom. The van der Waals surface area contributed by atoms with Gasteiger partial charge in [0.15, 0.2) is 11.5 Å². The number of benzene rings is 1. The largest absolute Gasteiger partial charge is 0.486 e. The van der Waals surface area contributed by atoms with Gasteiger partial charge >= 0.3 is 0 Å². The number of methoxy groups -OCH3 is 2. The molecule has 0 radical (unpaired) electrons. The lowest BCUT2D eigenvalue weighted by molar-refractivity contribution is -0.00461. The Hall–Kier alpha value is -1.79. The van der Waals surface area contributed by atoms with Gasteiger partial charge in [-0.05, 0) is 18.2 Å². The van der Waals surface area contributed by atoms with Crippen LogP contribution < -0.4 is 9.47 Å². The Labute approximate surface area is 123 Å². The Balaban J connectivity index is 1.76. The van der Waals surface area contributed by atoms with Crippen LogP contribution in [0.5, 0.6) is 11.5 Å². The first-order valence-electron chi connectivity index (χ1n) is 6.97. The molecule has 1 saturated heterocycles. The molecule has 3 rings (SSSR count). The molecular weight excluding hydrogens is 274 g/mol. The number of hydrogen-bond donors (Lipinski definition) is 0. The standard InChI is InChI=1S/C15H19NO5/c1-18-13-8-16(9-14(13)19-2)15(17)10-3-4-11-12(7-10)21-6-5-20-11/h3-4,7,13-14H,5-6,8-9H2,1-2H3/t13-,14+. The van der Waals surface area contributed by atoms with Gasteiger partial charge in [0.05, 0.1) is 0 Å². The monoisotopic (exact) mass is 293 g/mol. The SMILES string of the molecule is CO[C@H]1CN(C(=O)c2ccc3c(c2)OCCO3)C[C@H]1OC. The second-order valence-electron chi connectivity index (χ2n) is 5.12. The zero-order chi connectivity index (χ0) is 14.8. The third kappa shape index (κ3) is 2.69. The van der Waals surface area contributed by atoms with E-state index >= 15 is 0 Å². The van der Waals surface area contributed by atoms with Gasteiger partial charge in [0.2, 0.25) is 0 Å². The number of carbonyl (C=O) groups excluding carboxylic acids is 1. The average molecular weight is 293 g/mol. The summed E-state index contributed by atoms with van der Waals surface area (Å²) >= 11 is 0. The summed E-state index contributed by atoms with van der Waals surface area (Å²) in [6.45, 7) is 2.11. The molecule has 6 nitrogen and oxygen atoms in total. The molecule has 0 saturated carbocycles. The van der Waals surface area contributed by atoms with Crippen LogP contribution in [-0.4, -0.2) is 63.5 Å². The minimum Gasteiger partial charge on any atom is -0.486 e. The van der Waals surface area contributed by atoms with Gasteiger partial charge in [0.25, 0.3) is 5.91 Å². The molecule has 0 N–H and O–H groups in total. The summed E-state index contributed by atoms with van der Waals surface area (Å²) in [5.74, 6) is 1.26. The van der Waals surface area contributed by atoms with Crippen molar-refractivity contribution in [1.29, 1.82) is 0 Å². The number of hydrogen-bond acceptors (Lipinski definition) is 5. The Kier molecular flexibility index (Phi) is 3.98. The van der Waals surface area contributed by atoms with Gasteiger partial charge in [-0.1, -0.05) is 0 Å². The molecule has 2 heterocycles. The van der Waals surface area contributed by atoms with Crippen molar-refractivity contribution in [2.75, 3.05) is 40.5 Å². The van der Waals surface area contributed by atoms with Crippen LogP contribution in [0.4, 0.5) is 0 Å². The van der Waals surface area contributed by atoms with Crippen LogP contribution in [0.1, 0.15) is 10.4 Å². The van der Waals surface area contributed by atoms with E-state index in [1.807, 2.05) is 0 Å². The van der Waals surface area contributed by atoms with Gasteiger partial charge in [0.1, 0.15) is 25.4 Å². The van der Waals surface area contributed by atoms with Crippen LogP contribution in [0.3, 0.4) is 0 Å². The van der Waals surface area contributed by atoms with E-state index < -0.39 is 0 Å². The number of nitrogens with zero attached hydrogens (tertiary/aromatic N) is 1. The van der Waals surface area contributed by atoms with Crippen molar-refractivity contribution in [1.82, 2.24) is 4.90 Å². The molecule has 2 atom stereocenters. The average Bonchev–Trinajstić information content (AvgIpc) is 2.97. The quantitative estimate of drug-likeness (QED) is 0.830. The number of likely N-dealkylation sites (tertiary alicyclic amines) is 1. The predicted octanol–water partition coefficient (Wildman–Crippen LogP) is 0.944. The molecule has 0 unspecified atom stereocenters. The molecule has 0 spiro atoms. The lowest BCUT2D eigenvalue weighted by Gasteiger charge is -2.20. The third-order valence-electron chi connectivity index (χ3n) is 3.90. The fourth-order valence-electron chi connectivity index (χ4n) is 2.72. The molecule has 2 aliphatic heterocycles. The fourth-order valence-corrected chi connectivity index (χ4v) is 2.72. The summed E-state index contributed by atoms with van der Waals surface area (Å²) in [7, 11) is 3.27. The summed E-state index contributed by atoms with van der Waals surface area (Å²) in [5, 5.41) is 0. The Bertz CT molecular complexity index is 521. The Morgan fingerprint density at radius 3 is 2.33 bits per heavy atom. The lowest BCUT2D eigenvalue weighted by atomic mass is 10.1. The van der Waals surface area contributed by atoms with E-state index in [0.717, 1.165) is 0 Å². The van der Waals surface area contributed by atoms with Crippen molar-refractivity contribution in [3.8, 4) is 11.5 Å². The molecule has 0 bridgehead atoms. The van der Waals surface area contributed by atoms with E-state index in [2.05, 4.69) is 0 Å². The van der Waals surface area contributed by atoms with Gasteiger partial charge < -0.3 is 23.8 Å². The van der Waals surface area contributed by atoms with Crippen LogP contribution in [0, 0.1) is 0 Å². The van der Waals surface area contributed by atoms with Crippen molar-refractivity contribution in [3.05, 3.63) is 23.8 Å². The Morgan fingerprint density at radius 2 is 1.71 bits per heavy atom. The minimum absolute atomic E-state index is 0.0476. The summed E-state index contributed by atoms with van der Waals surface area (Å²) < 4.78 is 21.7. The number of amides is 1. The molecule has 1 fully saturated rings. The van der Waals surface area contributed by atoms with Crippen LogP contribution in [0.2, 0.25) is 0 Å². The number of carbonyl (C=O) groups is 1. The maximum atomic E-state index is 12.6. The highest BCUT2D eigenvalue weighted by Gasteiger charge is 2.36. The second kappa shape index (κ2) is 5.91. The van der Waals surface area contributed by atoms with E-state index in [4.69, 9.17) is 18.9 Å². The first kappa shape index (κ1) is 14.2. The summed E-state index contributed by atoms with van der Waals surface area (Å²) in [4.78, 5) is 14.3. The molecule has 0 aliphatic carbocycles. The zero-order valence-corrected chi connectivity index (χ0v) is 12.2. The highest BCUT2D eigenvalue weighted by atomic mass is 16.6. The maximum absolute atomic E-state index is 12.6. The van der Waals surface area contributed by atoms with Gasteiger partial charge in [-0.25, -0.2) is 0 Å². The molecule has 0 aromatic heterocycles. The summed E-state index contributed by atoms with van der Waals surface area (Å²) in [6, 6.07) is 5.27. The van der Waals surface area contributed by atoms with E-state index in [-0.39, 0.29) is 18.1 Å². The number of rotatable bonds is 3. The smallest absolute Gasteiger partial charge is 0.254 e. The van der Waals surface area contributed by atoms with Crippen LogP contribution >= 0.6 is 0 Å². The summed E-state index contributed by atoms with van der Waals surface area (Å²) in [6.07, 6.45) is -0.174. The first-order valence-corrected chi connectivity index (χ1v) is 6.97. The first-order chi connectivity index (χ1) is 10.2. The van der Waals surface area contributed by atoms with Crippen LogP contribution in [0.15, 0.2) is 18.2 Å². The third-order valence-corrected chi connectivity index (χ3v) is 3.90. The van der Waals surface area contributed by atoms with Gasteiger partial charge in [-0.3, -0.25) is 4.79 Å². The molecule has 114 valence electrons. The molecule has 1 aromatic carbocycles. The van der Waals surface area contributed by atoms with E-state index in [0.29, 0.717) is 43.4 Å². The van der Waals surface area contributed by atoms with Crippen LogP contribution in [0.25, 0.3) is 0 Å². The molecule has 2 aliphatic rings. The molecule has 6 heteroatoms. The highest BCUT2D eigenvalue weighted by Crippen LogP contribution is 2.31. The maximum Gasteiger partial charge on any atom is 0.254 e.